The fourth-order valence-corrected chi connectivity index (χ4v) is 3.42. The Bertz CT molecular complexity index is 727. The van der Waals surface area contributed by atoms with Crippen LogP contribution in [0, 0.1) is 0 Å². The van der Waals surface area contributed by atoms with Crippen molar-refractivity contribution in [2.75, 3.05) is 23.4 Å². The molecule has 0 bridgehead atoms. The van der Waals surface area contributed by atoms with Crippen molar-refractivity contribution in [3.8, 4) is 0 Å². The molecule has 9 nitrogen and oxygen atoms in total. The van der Waals surface area contributed by atoms with E-state index in [-0.39, 0.29) is 48.3 Å². The van der Waals surface area contributed by atoms with E-state index in [1.807, 2.05) is 0 Å². The number of thioether (sulfide) groups is 1. The molecule has 1 saturated heterocycles. The molecular formula is C17H23N5O4S. The molecule has 1 aliphatic heterocycles. The number of hydrogen-bond acceptors (Lipinski definition) is 6. The lowest BCUT2D eigenvalue weighted by atomic mass is 10.1. The Morgan fingerprint density at radius 2 is 1.89 bits per heavy atom. The summed E-state index contributed by atoms with van der Waals surface area (Å²) in [5.74, 6) is -0.648. The molecule has 1 heterocycles. The van der Waals surface area contributed by atoms with E-state index >= 15 is 0 Å². The molecule has 0 spiro atoms. The summed E-state index contributed by atoms with van der Waals surface area (Å²) in [5, 5.41) is 13.8. The third kappa shape index (κ3) is 7.27. The van der Waals surface area contributed by atoms with Crippen molar-refractivity contribution in [2.45, 2.75) is 31.3 Å². The predicted molar refractivity (Wildman–Crippen MR) is 104 cm³/mol. The molecule has 0 radical (unpaired) electrons. The van der Waals surface area contributed by atoms with Gasteiger partial charge in [0, 0.05) is 44.2 Å². The van der Waals surface area contributed by atoms with Crippen molar-refractivity contribution < 1.29 is 19.2 Å². The minimum atomic E-state index is -0.447. The van der Waals surface area contributed by atoms with Crippen LogP contribution in [-0.2, 0) is 19.2 Å². The Balaban J connectivity index is 1.83. The van der Waals surface area contributed by atoms with Crippen molar-refractivity contribution in [1.82, 2.24) is 16.0 Å². The molecule has 2 atom stereocenters. The van der Waals surface area contributed by atoms with Gasteiger partial charge in [0.2, 0.25) is 23.6 Å². The molecular weight excluding hydrogens is 370 g/mol. The van der Waals surface area contributed by atoms with E-state index in [1.165, 1.54) is 18.7 Å². The number of nitrogens with one attached hydrogen (secondary N) is 5. The first kappa shape index (κ1) is 20.7. The number of hydrogen-bond donors (Lipinski definition) is 5. The van der Waals surface area contributed by atoms with Gasteiger partial charge in [0.1, 0.15) is 5.50 Å². The molecule has 1 aromatic rings. The van der Waals surface area contributed by atoms with Crippen LogP contribution in [-0.4, -0.2) is 48.0 Å². The first-order valence-corrected chi connectivity index (χ1v) is 9.45. The normalized spacial score (nSPS) is 19.0. The summed E-state index contributed by atoms with van der Waals surface area (Å²) in [5.41, 5.74) is 0.702. The van der Waals surface area contributed by atoms with Crippen LogP contribution >= 0.6 is 11.8 Å². The van der Waals surface area contributed by atoms with E-state index in [0.29, 0.717) is 11.4 Å². The summed E-state index contributed by atoms with van der Waals surface area (Å²) < 4.78 is 0. The second kappa shape index (κ2) is 9.93. The zero-order chi connectivity index (χ0) is 19.8. The highest BCUT2D eigenvalue weighted by atomic mass is 32.2. The number of carbonyl (C=O) groups is 4. The van der Waals surface area contributed by atoms with Gasteiger partial charge in [-0.05, 0) is 18.2 Å². The summed E-state index contributed by atoms with van der Waals surface area (Å²) in [6, 6.07) is 6.55. The fraction of sp³-hybridized carbons (Fsp3) is 0.412. The first-order valence-electron chi connectivity index (χ1n) is 8.41. The Labute approximate surface area is 161 Å². The molecule has 146 valence electrons. The smallest absolute Gasteiger partial charge is 0.234 e. The van der Waals surface area contributed by atoms with E-state index in [9.17, 15) is 19.2 Å². The van der Waals surface area contributed by atoms with Crippen LogP contribution in [0.25, 0.3) is 0 Å². The highest BCUT2D eigenvalue weighted by molar-refractivity contribution is 8.00. The Kier molecular flexibility index (Phi) is 7.62. The van der Waals surface area contributed by atoms with Crippen LogP contribution < -0.4 is 26.6 Å². The molecule has 1 aliphatic rings. The maximum Gasteiger partial charge on any atom is 0.234 e. The number of rotatable bonds is 7. The minimum Gasteiger partial charge on any atom is -0.359 e. The molecule has 1 aromatic carbocycles. The summed E-state index contributed by atoms with van der Waals surface area (Å²) >= 11 is 1.23. The molecule has 10 heteroatoms. The number of carbonyl (C=O) groups excluding carboxylic acids is 4. The Morgan fingerprint density at radius 1 is 1.19 bits per heavy atom. The van der Waals surface area contributed by atoms with Crippen molar-refractivity contribution in [1.29, 1.82) is 0 Å². The van der Waals surface area contributed by atoms with Crippen LogP contribution in [0.2, 0.25) is 0 Å². The summed E-state index contributed by atoms with van der Waals surface area (Å²) in [7, 11) is 1.54. The van der Waals surface area contributed by atoms with Crippen molar-refractivity contribution >= 4 is 46.8 Å². The monoisotopic (exact) mass is 393 g/mol. The first-order chi connectivity index (χ1) is 12.9. The largest absolute Gasteiger partial charge is 0.359 e. The highest BCUT2D eigenvalue weighted by Gasteiger charge is 2.27. The van der Waals surface area contributed by atoms with Crippen LogP contribution in [0.3, 0.4) is 0 Å². The van der Waals surface area contributed by atoms with E-state index < -0.39 is 5.50 Å². The maximum atomic E-state index is 12.2. The lowest BCUT2D eigenvalue weighted by Gasteiger charge is -2.30. The van der Waals surface area contributed by atoms with Gasteiger partial charge in [0.15, 0.2) is 0 Å². The van der Waals surface area contributed by atoms with Gasteiger partial charge in [0.25, 0.3) is 0 Å². The van der Waals surface area contributed by atoms with Gasteiger partial charge in [-0.1, -0.05) is 6.07 Å². The second-order valence-corrected chi connectivity index (χ2v) is 7.11. The zero-order valence-corrected chi connectivity index (χ0v) is 15.9. The molecule has 5 N–H and O–H groups in total. The van der Waals surface area contributed by atoms with E-state index in [1.54, 1.807) is 31.3 Å². The quantitative estimate of drug-likeness (QED) is 0.451. The lowest BCUT2D eigenvalue weighted by molar-refractivity contribution is -0.125. The Morgan fingerprint density at radius 3 is 2.56 bits per heavy atom. The van der Waals surface area contributed by atoms with Gasteiger partial charge in [-0.25, -0.2) is 0 Å². The summed E-state index contributed by atoms with van der Waals surface area (Å²) in [4.78, 5) is 46.5. The second-order valence-electron chi connectivity index (χ2n) is 6.01. The standard InChI is InChI=1S/C17H23N5O4S/c1-10(23)19-11-4-3-5-12(6-11)20-16(26)9-27-17-21-13(7-14(24)18-2)8-15(25)22-17/h3-6,13,17,21H,7-9H2,1-2H3,(H,18,24)(H,19,23)(H,20,26)(H,22,25). The minimum absolute atomic E-state index is 0.106. The van der Waals surface area contributed by atoms with Gasteiger partial charge in [-0.2, -0.15) is 0 Å². The third-order valence-electron chi connectivity index (χ3n) is 3.67. The average molecular weight is 393 g/mol. The number of benzene rings is 1. The summed E-state index contributed by atoms with van der Waals surface area (Å²) in [6.07, 6.45) is 0.412. The van der Waals surface area contributed by atoms with Crippen LogP contribution in [0.1, 0.15) is 19.8 Å². The molecule has 27 heavy (non-hydrogen) atoms. The number of anilines is 2. The van der Waals surface area contributed by atoms with Crippen molar-refractivity contribution in [3.63, 3.8) is 0 Å². The number of amides is 4. The Hall–Kier alpha value is -2.59. The molecule has 0 aliphatic carbocycles. The average Bonchev–Trinajstić information content (AvgIpc) is 2.59. The highest BCUT2D eigenvalue weighted by Crippen LogP contribution is 2.17. The molecule has 1 fully saturated rings. The van der Waals surface area contributed by atoms with Gasteiger partial charge in [0.05, 0.1) is 5.75 Å². The summed E-state index contributed by atoms with van der Waals surface area (Å²) in [6.45, 7) is 1.41. The maximum absolute atomic E-state index is 12.2. The predicted octanol–water partition coefficient (Wildman–Crippen LogP) is 0.215. The molecule has 2 rings (SSSR count). The molecule has 0 saturated carbocycles. The molecule has 0 aromatic heterocycles. The third-order valence-corrected chi connectivity index (χ3v) is 4.69. The zero-order valence-electron chi connectivity index (χ0n) is 15.1. The SMILES string of the molecule is CNC(=O)CC1CC(=O)NC(SCC(=O)Nc2cccc(NC(C)=O)c2)N1. The van der Waals surface area contributed by atoms with Crippen LogP contribution in [0.15, 0.2) is 24.3 Å². The van der Waals surface area contributed by atoms with E-state index in [4.69, 9.17) is 0 Å². The fourth-order valence-electron chi connectivity index (χ4n) is 2.52. The molecule has 2 unspecified atom stereocenters. The van der Waals surface area contributed by atoms with Gasteiger partial charge in [-0.15, -0.1) is 11.8 Å². The van der Waals surface area contributed by atoms with Crippen LogP contribution in [0.5, 0.6) is 0 Å². The van der Waals surface area contributed by atoms with Crippen molar-refractivity contribution in [2.24, 2.45) is 0 Å². The van der Waals surface area contributed by atoms with E-state index in [2.05, 4.69) is 26.6 Å². The van der Waals surface area contributed by atoms with Gasteiger partial charge >= 0.3 is 0 Å². The van der Waals surface area contributed by atoms with Crippen molar-refractivity contribution in [3.05, 3.63) is 24.3 Å². The van der Waals surface area contributed by atoms with E-state index in [0.717, 1.165) is 0 Å². The van der Waals surface area contributed by atoms with Gasteiger partial charge in [-0.3, -0.25) is 24.5 Å². The lowest BCUT2D eigenvalue weighted by Crippen LogP contribution is -2.55. The van der Waals surface area contributed by atoms with Gasteiger partial charge < -0.3 is 21.3 Å². The van der Waals surface area contributed by atoms with Crippen LogP contribution in [0.4, 0.5) is 11.4 Å². The topological polar surface area (TPSA) is 128 Å². The molecule has 4 amide bonds.